The van der Waals surface area contributed by atoms with Gasteiger partial charge in [-0.2, -0.15) is 5.26 Å². The Morgan fingerprint density at radius 2 is 2.20 bits per heavy atom. The van der Waals surface area contributed by atoms with Gasteiger partial charge in [-0.15, -0.1) is 0 Å². The van der Waals surface area contributed by atoms with Crippen LogP contribution in [0.2, 0.25) is 0 Å². The number of hydrogen-bond donors (Lipinski definition) is 1. The number of nitrogens with one attached hydrogen (secondary N) is 1. The summed E-state index contributed by atoms with van der Waals surface area (Å²) in [6.07, 6.45) is 3.31. The first-order valence-electron chi connectivity index (χ1n) is 8.92. The second kappa shape index (κ2) is 8.79. The maximum Gasteiger partial charge on any atom is 0.224 e. The molecule has 0 aliphatic carbocycles. The van der Waals surface area contributed by atoms with Gasteiger partial charge in [0.05, 0.1) is 18.8 Å². The Hall–Kier alpha value is -2.17. The van der Waals surface area contributed by atoms with Crippen LogP contribution in [-0.4, -0.2) is 73.2 Å². The second-order valence-corrected chi connectivity index (χ2v) is 6.62. The molecule has 0 radical (unpaired) electrons. The lowest BCUT2D eigenvalue weighted by Gasteiger charge is -2.27. The van der Waals surface area contributed by atoms with Crippen molar-refractivity contribution >= 4 is 11.7 Å². The third-order valence-electron chi connectivity index (χ3n) is 4.84. The topological polar surface area (TPSA) is 81.5 Å². The summed E-state index contributed by atoms with van der Waals surface area (Å²) in [6.45, 7) is 6.53. The van der Waals surface area contributed by atoms with Gasteiger partial charge in [-0.3, -0.25) is 4.79 Å². The van der Waals surface area contributed by atoms with Crippen molar-refractivity contribution < 1.29 is 9.53 Å². The van der Waals surface area contributed by atoms with Gasteiger partial charge in [0.2, 0.25) is 5.91 Å². The van der Waals surface area contributed by atoms with E-state index in [9.17, 15) is 4.79 Å². The Morgan fingerprint density at radius 3 is 2.92 bits per heavy atom. The number of nitrogens with zero attached hydrogens (tertiary/aromatic N) is 4. The Bertz CT molecular complexity index is 607. The van der Waals surface area contributed by atoms with E-state index < -0.39 is 0 Å². The highest BCUT2D eigenvalue weighted by Crippen LogP contribution is 2.17. The predicted molar refractivity (Wildman–Crippen MR) is 94.0 cm³/mol. The van der Waals surface area contributed by atoms with Gasteiger partial charge in [0, 0.05) is 45.3 Å². The van der Waals surface area contributed by atoms with Crippen molar-refractivity contribution in [2.24, 2.45) is 5.92 Å². The van der Waals surface area contributed by atoms with Gasteiger partial charge in [-0.25, -0.2) is 4.98 Å². The second-order valence-electron chi connectivity index (χ2n) is 6.62. The predicted octanol–water partition coefficient (Wildman–Crippen LogP) is 0.936. The lowest BCUT2D eigenvalue weighted by Crippen LogP contribution is -2.41. The van der Waals surface area contributed by atoms with Crippen LogP contribution < -0.4 is 5.32 Å². The number of hydrogen-bond acceptors (Lipinski definition) is 6. The summed E-state index contributed by atoms with van der Waals surface area (Å²) in [5, 5.41) is 12.1. The van der Waals surface area contributed by atoms with Crippen molar-refractivity contribution in [1.82, 2.24) is 14.8 Å². The van der Waals surface area contributed by atoms with E-state index in [0.717, 1.165) is 51.5 Å². The zero-order chi connectivity index (χ0) is 17.5. The first kappa shape index (κ1) is 17.6. The fourth-order valence-corrected chi connectivity index (χ4v) is 3.32. The Kier molecular flexibility index (Phi) is 6.20. The third kappa shape index (κ3) is 5.15. The number of pyridine rings is 1. The number of carbonyl (C=O) groups excluding carboxylic acids is 1. The van der Waals surface area contributed by atoms with Crippen molar-refractivity contribution in [3.63, 3.8) is 0 Å². The number of amides is 1. The summed E-state index contributed by atoms with van der Waals surface area (Å²) >= 11 is 0. The molecule has 7 heteroatoms. The molecule has 0 unspecified atom stereocenters. The summed E-state index contributed by atoms with van der Waals surface area (Å²) in [7, 11) is 0. The standard InChI is InChI=1S/C18H25N5O2/c19-11-15-1-2-17(20-12-15)21-13-16-3-5-22(14-16)6-4-18(24)23-7-9-25-10-8-23/h1-2,12,16H,3-10,13-14H2,(H,20,21)/t16-/m1/s1. The molecule has 2 fully saturated rings. The summed E-state index contributed by atoms with van der Waals surface area (Å²) in [5.41, 5.74) is 0.572. The van der Waals surface area contributed by atoms with Gasteiger partial charge in [0.15, 0.2) is 0 Å². The smallest absolute Gasteiger partial charge is 0.224 e. The Morgan fingerprint density at radius 1 is 1.36 bits per heavy atom. The van der Waals surface area contributed by atoms with Crippen molar-refractivity contribution in [3.8, 4) is 6.07 Å². The SMILES string of the molecule is N#Cc1ccc(NC[C@H]2CCN(CCC(=O)N3CCOCC3)C2)nc1. The van der Waals surface area contributed by atoms with Crippen LogP contribution in [0.1, 0.15) is 18.4 Å². The average molecular weight is 343 g/mol. The van der Waals surface area contributed by atoms with E-state index in [0.29, 0.717) is 31.1 Å². The molecule has 7 nitrogen and oxygen atoms in total. The molecule has 2 aliphatic rings. The molecule has 1 aromatic rings. The minimum atomic E-state index is 0.242. The van der Waals surface area contributed by atoms with Gasteiger partial charge >= 0.3 is 0 Å². The molecule has 1 atom stereocenters. The summed E-state index contributed by atoms with van der Waals surface area (Å²) in [6, 6.07) is 5.68. The van der Waals surface area contributed by atoms with Gasteiger partial charge in [0.25, 0.3) is 0 Å². The number of carbonyl (C=O) groups is 1. The van der Waals surface area contributed by atoms with Gasteiger partial charge in [-0.1, -0.05) is 0 Å². The number of likely N-dealkylation sites (tertiary alicyclic amines) is 1. The molecule has 1 N–H and O–H groups in total. The molecule has 0 bridgehead atoms. The summed E-state index contributed by atoms with van der Waals surface area (Å²) < 4.78 is 5.29. The van der Waals surface area contributed by atoms with E-state index in [1.165, 1.54) is 0 Å². The third-order valence-corrected chi connectivity index (χ3v) is 4.84. The molecule has 2 aliphatic heterocycles. The van der Waals surface area contributed by atoms with Crippen LogP contribution >= 0.6 is 0 Å². The zero-order valence-corrected chi connectivity index (χ0v) is 14.5. The molecule has 0 aromatic carbocycles. The average Bonchev–Trinajstić information content (AvgIpc) is 3.13. The molecular formula is C18H25N5O2. The van der Waals surface area contributed by atoms with Crippen molar-refractivity contribution in [2.45, 2.75) is 12.8 Å². The largest absolute Gasteiger partial charge is 0.378 e. The lowest BCUT2D eigenvalue weighted by molar-refractivity contribution is -0.135. The normalized spacial score (nSPS) is 21.1. The highest BCUT2D eigenvalue weighted by molar-refractivity contribution is 5.76. The highest BCUT2D eigenvalue weighted by Gasteiger charge is 2.24. The number of morpholine rings is 1. The number of anilines is 1. The van der Waals surface area contributed by atoms with E-state index in [1.54, 1.807) is 12.3 Å². The van der Waals surface area contributed by atoms with Crippen LogP contribution in [-0.2, 0) is 9.53 Å². The van der Waals surface area contributed by atoms with Crippen molar-refractivity contribution in [2.75, 3.05) is 57.8 Å². The molecule has 25 heavy (non-hydrogen) atoms. The van der Waals surface area contributed by atoms with E-state index >= 15 is 0 Å². The lowest BCUT2D eigenvalue weighted by atomic mass is 10.1. The molecule has 3 rings (SSSR count). The number of rotatable bonds is 6. The molecule has 134 valence electrons. The van der Waals surface area contributed by atoms with Gasteiger partial charge in [0.1, 0.15) is 11.9 Å². The van der Waals surface area contributed by atoms with Crippen LogP contribution in [0.3, 0.4) is 0 Å². The first-order chi connectivity index (χ1) is 12.2. The minimum absolute atomic E-state index is 0.242. The van der Waals surface area contributed by atoms with Crippen molar-refractivity contribution in [3.05, 3.63) is 23.9 Å². The van der Waals surface area contributed by atoms with E-state index in [4.69, 9.17) is 10.00 Å². The van der Waals surface area contributed by atoms with Crippen LogP contribution in [0.15, 0.2) is 18.3 Å². The molecule has 0 saturated carbocycles. The van der Waals surface area contributed by atoms with Crippen LogP contribution in [0.4, 0.5) is 5.82 Å². The van der Waals surface area contributed by atoms with Crippen LogP contribution in [0.25, 0.3) is 0 Å². The fourth-order valence-electron chi connectivity index (χ4n) is 3.32. The van der Waals surface area contributed by atoms with Gasteiger partial charge < -0.3 is 19.9 Å². The van der Waals surface area contributed by atoms with E-state index in [1.807, 2.05) is 11.0 Å². The monoisotopic (exact) mass is 343 g/mol. The van der Waals surface area contributed by atoms with E-state index in [-0.39, 0.29) is 5.91 Å². The van der Waals surface area contributed by atoms with Crippen molar-refractivity contribution in [1.29, 1.82) is 5.26 Å². The summed E-state index contributed by atoms with van der Waals surface area (Å²) in [5.74, 6) is 1.61. The highest BCUT2D eigenvalue weighted by atomic mass is 16.5. The fraction of sp³-hybridized carbons (Fsp3) is 0.611. The quantitative estimate of drug-likeness (QED) is 0.828. The first-order valence-corrected chi connectivity index (χ1v) is 8.92. The molecule has 1 aromatic heterocycles. The minimum Gasteiger partial charge on any atom is -0.378 e. The number of nitriles is 1. The van der Waals surface area contributed by atoms with E-state index in [2.05, 4.69) is 21.3 Å². The Balaban J connectivity index is 1.35. The zero-order valence-electron chi connectivity index (χ0n) is 14.5. The molecular weight excluding hydrogens is 318 g/mol. The maximum absolute atomic E-state index is 12.2. The molecule has 0 spiro atoms. The molecule has 3 heterocycles. The van der Waals surface area contributed by atoms with Gasteiger partial charge in [-0.05, 0) is 31.0 Å². The maximum atomic E-state index is 12.2. The molecule has 2 saturated heterocycles. The molecule has 1 amide bonds. The summed E-state index contributed by atoms with van der Waals surface area (Å²) in [4.78, 5) is 20.7. The number of aromatic nitrogens is 1. The number of ether oxygens (including phenoxy) is 1. The van der Waals surface area contributed by atoms with Crippen LogP contribution in [0.5, 0.6) is 0 Å². The van der Waals surface area contributed by atoms with Crippen LogP contribution in [0, 0.1) is 17.2 Å². The Labute approximate surface area is 148 Å².